The summed E-state index contributed by atoms with van der Waals surface area (Å²) >= 11 is 1.64. The molecule has 0 unspecified atom stereocenters. The molecule has 3 aromatic rings. The number of hydrogen-bond acceptors (Lipinski definition) is 6. The van der Waals surface area contributed by atoms with Crippen LogP contribution in [0.1, 0.15) is 23.1 Å². The Hall–Kier alpha value is -2.87. The van der Waals surface area contributed by atoms with Crippen LogP contribution in [0.4, 0.5) is 0 Å². The van der Waals surface area contributed by atoms with Gasteiger partial charge in [-0.05, 0) is 52.6 Å². The van der Waals surface area contributed by atoms with Crippen LogP contribution in [0.25, 0.3) is 5.69 Å². The largest absolute Gasteiger partial charge is 0.497 e. The maximum Gasteiger partial charge on any atom is 0.252 e. The van der Waals surface area contributed by atoms with Crippen molar-refractivity contribution < 1.29 is 9.53 Å². The summed E-state index contributed by atoms with van der Waals surface area (Å²) in [6.07, 6.45) is 0. The molecule has 1 aromatic heterocycles. The van der Waals surface area contributed by atoms with Crippen LogP contribution in [0.2, 0.25) is 0 Å². The minimum absolute atomic E-state index is 0.147. The molecule has 1 heterocycles. The Kier molecular flexibility index (Phi) is 5.85. The topological polar surface area (TPSA) is 81.9 Å². The number of ether oxygens (including phenoxy) is 1. The first-order valence-corrected chi connectivity index (χ1v) is 9.13. The number of amides is 1. The summed E-state index contributed by atoms with van der Waals surface area (Å²) in [5.41, 5.74) is 1.45. The number of benzene rings is 2. The molecule has 0 radical (unpaired) electrons. The van der Waals surface area contributed by atoms with Gasteiger partial charge >= 0.3 is 0 Å². The van der Waals surface area contributed by atoms with E-state index < -0.39 is 0 Å². The number of hydrogen-bond donors (Lipinski definition) is 1. The van der Waals surface area contributed by atoms with Gasteiger partial charge in [0.1, 0.15) is 5.75 Å². The molecule has 0 aliphatic heterocycles. The van der Waals surface area contributed by atoms with Crippen molar-refractivity contribution in [1.82, 2.24) is 25.5 Å². The van der Waals surface area contributed by atoms with E-state index in [4.69, 9.17) is 4.74 Å². The third-order valence-corrected chi connectivity index (χ3v) is 4.65. The van der Waals surface area contributed by atoms with E-state index in [-0.39, 0.29) is 12.5 Å². The highest BCUT2D eigenvalue weighted by Gasteiger charge is 2.13. The van der Waals surface area contributed by atoms with Crippen LogP contribution >= 0.6 is 11.8 Å². The molecule has 3 rings (SSSR count). The molecule has 0 saturated carbocycles. The molecule has 0 saturated heterocycles. The number of nitrogens with zero attached hydrogens (tertiary/aromatic N) is 4. The Balaban J connectivity index is 1.73. The minimum Gasteiger partial charge on any atom is -0.497 e. The lowest BCUT2D eigenvalue weighted by Crippen LogP contribution is -2.25. The first-order chi connectivity index (χ1) is 12.7. The predicted octanol–water partition coefficient (Wildman–Crippen LogP) is 2.71. The molecule has 8 heteroatoms. The maximum absolute atomic E-state index is 12.5. The molecular formula is C18H19N5O2S. The molecule has 0 atom stereocenters. The smallest absolute Gasteiger partial charge is 0.252 e. The van der Waals surface area contributed by atoms with Crippen LogP contribution < -0.4 is 10.1 Å². The van der Waals surface area contributed by atoms with Crippen LogP contribution in [0.15, 0.2) is 53.4 Å². The predicted molar refractivity (Wildman–Crippen MR) is 99.7 cm³/mol. The third-order valence-electron chi connectivity index (χ3n) is 3.69. The Morgan fingerprint density at radius 3 is 2.69 bits per heavy atom. The average molecular weight is 369 g/mol. The van der Waals surface area contributed by atoms with Crippen molar-refractivity contribution >= 4 is 17.7 Å². The van der Waals surface area contributed by atoms with Gasteiger partial charge in [0.05, 0.1) is 24.9 Å². The molecule has 0 aliphatic rings. The normalized spacial score (nSPS) is 10.5. The van der Waals surface area contributed by atoms with Crippen molar-refractivity contribution in [2.45, 2.75) is 18.4 Å². The van der Waals surface area contributed by atoms with Crippen molar-refractivity contribution in [3.8, 4) is 11.4 Å². The summed E-state index contributed by atoms with van der Waals surface area (Å²) in [5.74, 6) is 2.05. The van der Waals surface area contributed by atoms with E-state index in [1.54, 1.807) is 23.6 Å². The SMILES string of the molecule is CCSc1ccccc1C(=O)NCc1nnnn1-c1ccc(OC)cc1. The molecule has 7 nitrogen and oxygen atoms in total. The van der Waals surface area contributed by atoms with Crippen molar-refractivity contribution in [3.05, 3.63) is 59.9 Å². The maximum atomic E-state index is 12.5. The zero-order valence-electron chi connectivity index (χ0n) is 14.5. The van der Waals surface area contributed by atoms with Crippen molar-refractivity contribution in [1.29, 1.82) is 0 Å². The van der Waals surface area contributed by atoms with Crippen molar-refractivity contribution in [3.63, 3.8) is 0 Å². The van der Waals surface area contributed by atoms with Gasteiger partial charge in [-0.3, -0.25) is 4.79 Å². The third kappa shape index (κ3) is 4.02. The number of aromatic nitrogens is 4. The Labute approximate surface area is 155 Å². The second-order valence-electron chi connectivity index (χ2n) is 5.32. The van der Waals surface area contributed by atoms with Gasteiger partial charge in [0.25, 0.3) is 5.91 Å². The van der Waals surface area contributed by atoms with Crippen LogP contribution in [0.3, 0.4) is 0 Å². The lowest BCUT2D eigenvalue weighted by molar-refractivity contribution is 0.0946. The van der Waals surface area contributed by atoms with E-state index in [0.717, 1.165) is 22.1 Å². The molecular weight excluding hydrogens is 350 g/mol. The van der Waals surface area contributed by atoms with E-state index in [0.29, 0.717) is 11.4 Å². The quantitative estimate of drug-likeness (QED) is 0.645. The first kappa shape index (κ1) is 17.9. The van der Waals surface area contributed by atoms with Gasteiger partial charge in [-0.15, -0.1) is 16.9 Å². The summed E-state index contributed by atoms with van der Waals surface area (Å²) in [4.78, 5) is 13.5. The monoisotopic (exact) mass is 369 g/mol. The molecule has 2 aromatic carbocycles. The van der Waals surface area contributed by atoms with Crippen molar-refractivity contribution in [2.75, 3.05) is 12.9 Å². The number of nitrogens with one attached hydrogen (secondary N) is 1. The second-order valence-corrected chi connectivity index (χ2v) is 6.62. The molecule has 0 bridgehead atoms. The highest BCUT2D eigenvalue weighted by atomic mass is 32.2. The standard InChI is InChI=1S/C18H19N5O2S/c1-3-26-16-7-5-4-6-15(16)18(24)19-12-17-20-21-22-23(17)13-8-10-14(25-2)11-9-13/h4-11H,3,12H2,1-2H3,(H,19,24). The van der Waals surface area contributed by atoms with Gasteiger partial charge in [0.2, 0.25) is 0 Å². The Morgan fingerprint density at radius 2 is 1.96 bits per heavy atom. The highest BCUT2D eigenvalue weighted by molar-refractivity contribution is 7.99. The molecule has 1 N–H and O–H groups in total. The number of methoxy groups -OCH3 is 1. The zero-order valence-corrected chi connectivity index (χ0v) is 15.4. The first-order valence-electron chi connectivity index (χ1n) is 8.14. The summed E-state index contributed by atoms with van der Waals surface area (Å²) in [6, 6.07) is 14.9. The van der Waals surface area contributed by atoms with Gasteiger partial charge in [0, 0.05) is 4.90 Å². The number of carbonyl (C=O) groups is 1. The fourth-order valence-electron chi connectivity index (χ4n) is 2.43. The molecule has 0 aliphatic carbocycles. The van der Waals surface area contributed by atoms with Crippen LogP contribution in [0, 0.1) is 0 Å². The summed E-state index contributed by atoms with van der Waals surface area (Å²) in [7, 11) is 1.61. The lowest BCUT2D eigenvalue weighted by atomic mass is 10.2. The number of rotatable bonds is 7. The van der Waals surface area contributed by atoms with Crippen molar-refractivity contribution in [2.24, 2.45) is 0 Å². The zero-order chi connectivity index (χ0) is 18.4. The molecule has 0 fully saturated rings. The van der Waals surface area contributed by atoms with E-state index in [2.05, 4.69) is 27.8 Å². The Bertz CT molecular complexity index is 879. The number of thioether (sulfide) groups is 1. The molecule has 26 heavy (non-hydrogen) atoms. The fourth-order valence-corrected chi connectivity index (χ4v) is 3.23. The molecule has 1 amide bonds. The highest BCUT2D eigenvalue weighted by Crippen LogP contribution is 2.22. The van der Waals surface area contributed by atoms with Gasteiger partial charge in [0.15, 0.2) is 5.82 Å². The van der Waals surface area contributed by atoms with Gasteiger partial charge in [-0.2, -0.15) is 4.68 Å². The summed E-state index contributed by atoms with van der Waals surface area (Å²) < 4.78 is 6.75. The fraction of sp³-hybridized carbons (Fsp3) is 0.222. The number of carbonyl (C=O) groups excluding carboxylic acids is 1. The van der Waals surface area contributed by atoms with E-state index >= 15 is 0 Å². The lowest BCUT2D eigenvalue weighted by Gasteiger charge is -2.09. The van der Waals surface area contributed by atoms with Gasteiger partial charge in [-0.1, -0.05) is 19.1 Å². The summed E-state index contributed by atoms with van der Waals surface area (Å²) in [5, 5.41) is 14.6. The number of tetrazole rings is 1. The van der Waals surface area contributed by atoms with E-state index in [1.807, 2.05) is 48.5 Å². The minimum atomic E-state index is -0.147. The average Bonchev–Trinajstić information content (AvgIpc) is 3.15. The molecule has 134 valence electrons. The van der Waals surface area contributed by atoms with E-state index in [9.17, 15) is 4.79 Å². The van der Waals surface area contributed by atoms with Gasteiger partial charge < -0.3 is 10.1 Å². The second kappa shape index (κ2) is 8.48. The van der Waals surface area contributed by atoms with Crippen LogP contribution in [0.5, 0.6) is 5.75 Å². The molecule has 0 spiro atoms. The summed E-state index contributed by atoms with van der Waals surface area (Å²) in [6.45, 7) is 2.28. The van der Waals surface area contributed by atoms with E-state index in [1.165, 1.54) is 0 Å². The van der Waals surface area contributed by atoms with Crippen LogP contribution in [-0.4, -0.2) is 39.0 Å². The van der Waals surface area contributed by atoms with Gasteiger partial charge in [-0.25, -0.2) is 0 Å². The Morgan fingerprint density at radius 1 is 1.19 bits per heavy atom. The van der Waals surface area contributed by atoms with Crippen LogP contribution in [-0.2, 0) is 6.54 Å².